The van der Waals surface area contributed by atoms with Gasteiger partial charge in [0.05, 0.1) is 0 Å². The summed E-state index contributed by atoms with van der Waals surface area (Å²) in [6.45, 7) is 2.16. The molecular weight excluding hydrogens is 248 g/mol. The first kappa shape index (κ1) is 18.9. The van der Waals surface area contributed by atoms with E-state index in [1.54, 1.807) is 0 Å². The zero-order chi connectivity index (χ0) is 14.9. The average molecular weight is 280 g/mol. The van der Waals surface area contributed by atoms with Crippen molar-refractivity contribution in [2.24, 2.45) is 0 Å². The van der Waals surface area contributed by atoms with Gasteiger partial charge in [-0.25, -0.2) is 0 Å². The van der Waals surface area contributed by atoms with E-state index in [2.05, 4.69) is 31.2 Å². The third-order valence-corrected chi connectivity index (χ3v) is 3.35. The van der Waals surface area contributed by atoms with Crippen LogP contribution in [0.15, 0.2) is 24.3 Å². The highest BCUT2D eigenvalue weighted by Crippen LogP contribution is 2.10. The molecule has 116 valence electrons. The van der Waals surface area contributed by atoms with E-state index >= 15 is 0 Å². The topological polar surface area (TPSA) is 37.3 Å². The molecule has 0 saturated heterocycles. The summed E-state index contributed by atoms with van der Waals surface area (Å²) < 4.78 is 0. The fourth-order valence-electron chi connectivity index (χ4n) is 2.15. The molecule has 0 aromatic rings. The van der Waals surface area contributed by atoms with Crippen LogP contribution < -0.4 is 0 Å². The van der Waals surface area contributed by atoms with Crippen LogP contribution in [0.5, 0.6) is 0 Å². The van der Waals surface area contributed by atoms with Crippen molar-refractivity contribution in [1.29, 1.82) is 0 Å². The first-order valence-electron chi connectivity index (χ1n) is 8.29. The van der Waals surface area contributed by atoms with Gasteiger partial charge in [-0.15, -0.1) is 0 Å². The molecule has 0 rings (SSSR count). The third-order valence-electron chi connectivity index (χ3n) is 3.35. The molecule has 0 unspecified atom stereocenters. The van der Waals surface area contributed by atoms with Gasteiger partial charge in [0.15, 0.2) is 0 Å². The van der Waals surface area contributed by atoms with Crippen LogP contribution >= 0.6 is 0 Å². The van der Waals surface area contributed by atoms with Crippen LogP contribution in [0.2, 0.25) is 0 Å². The molecule has 0 saturated carbocycles. The highest BCUT2D eigenvalue weighted by molar-refractivity contribution is 5.66. The minimum atomic E-state index is -0.664. The van der Waals surface area contributed by atoms with Crippen LogP contribution in [0, 0.1) is 0 Å². The summed E-state index contributed by atoms with van der Waals surface area (Å²) in [7, 11) is 0. The van der Waals surface area contributed by atoms with Crippen LogP contribution in [0.3, 0.4) is 0 Å². The average Bonchev–Trinajstić information content (AvgIpc) is 2.43. The quantitative estimate of drug-likeness (QED) is 0.318. The Morgan fingerprint density at radius 2 is 1.35 bits per heavy atom. The Labute approximate surface area is 125 Å². The first-order chi connectivity index (χ1) is 9.77. The van der Waals surface area contributed by atoms with Gasteiger partial charge in [0.2, 0.25) is 0 Å². The molecule has 0 radical (unpaired) electrons. The number of rotatable bonds is 14. The Kier molecular flexibility index (Phi) is 15.2. The summed E-state index contributed by atoms with van der Waals surface area (Å²) in [6.07, 6.45) is 22.3. The Hall–Kier alpha value is -1.05. The maximum Gasteiger partial charge on any atom is 0.303 e. The Balaban J connectivity index is 3.09. The Morgan fingerprint density at radius 3 is 1.95 bits per heavy atom. The summed E-state index contributed by atoms with van der Waals surface area (Å²) in [5, 5.41) is 8.51. The van der Waals surface area contributed by atoms with Gasteiger partial charge in [-0.1, -0.05) is 69.8 Å². The molecule has 2 heteroatoms. The second-order valence-corrected chi connectivity index (χ2v) is 5.35. The number of hydrogen-bond donors (Lipinski definition) is 1. The number of hydrogen-bond acceptors (Lipinski definition) is 1. The molecule has 0 aliphatic heterocycles. The normalized spacial score (nSPS) is 11.7. The summed E-state index contributed by atoms with van der Waals surface area (Å²) >= 11 is 0. The number of carboxylic acid groups (broad SMARTS) is 1. The lowest BCUT2D eigenvalue weighted by atomic mass is 10.1. The number of carboxylic acids is 1. The summed E-state index contributed by atoms with van der Waals surface area (Å²) in [5.74, 6) is -0.664. The van der Waals surface area contributed by atoms with Crippen LogP contribution in [0.25, 0.3) is 0 Å². The molecule has 0 aliphatic rings. The van der Waals surface area contributed by atoms with Gasteiger partial charge in [-0.2, -0.15) is 0 Å². The minimum absolute atomic E-state index is 0.333. The maximum absolute atomic E-state index is 10.3. The van der Waals surface area contributed by atoms with E-state index in [0.717, 1.165) is 25.7 Å². The Morgan fingerprint density at radius 1 is 0.800 bits per heavy atom. The molecular formula is C18H32O2. The molecule has 0 amide bonds. The van der Waals surface area contributed by atoms with Crippen molar-refractivity contribution in [2.75, 3.05) is 0 Å². The van der Waals surface area contributed by atoms with Crippen molar-refractivity contribution in [3.63, 3.8) is 0 Å². The van der Waals surface area contributed by atoms with E-state index in [1.165, 1.54) is 44.9 Å². The van der Waals surface area contributed by atoms with E-state index < -0.39 is 5.97 Å². The van der Waals surface area contributed by atoms with Gasteiger partial charge >= 0.3 is 5.97 Å². The van der Waals surface area contributed by atoms with Crippen molar-refractivity contribution in [3.05, 3.63) is 24.3 Å². The second kappa shape index (κ2) is 16.0. The fraction of sp³-hybridized carbons (Fsp3) is 0.722. The maximum atomic E-state index is 10.3. The minimum Gasteiger partial charge on any atom is -0.481 e. The van der Waals surface area contributed by atoms with E-state index in [1.807, 2.05) is 0 Å². The van der Waals surface area contributed by atoms with Crippen LogP contribution in [-0.2, 0) is 4.79 Å². The van der Waals surface area contributed by atoms with Gasteiger partial charge in [-0.05, 0) is 32.1 Å². The lowest BCUT2D eigenvalue weighted by Gasteiger charge is -2.00. The standard InChI is InChI=1S/C18H32O2/c1-2-3-4-5-6-7-8-9-10-11-12-13-14-15-16-17-18(19)20/h3-4,6-7H,2,5,8-17H2,1H3,(H,19,20)/b4-3+,7-6-. The lowest BCUT2D eigenvalue weighted by molar-refractivity contribution is -0.137. The molecule has 2 nitrogen and oxygen atoms in total. The van der Waals surface area contributed by atoms with E-state index in [9.17, 15) is 4.79 Å². The molecule has 1 N–H and O–H groups in total. The zero-order valence-electron chi connectivity index (χ0n) is 13.2. The van der Waals surface area contributed by atoms with E-state index in [4.69, 9.17) is 5.11 Å². The summed E-state index contributed by atoms with van der Waals surface area (Å²) in [5.41, 5.74) is 0. The Bertz CT molecular complexity index is 267. The van der Waals surface area contributed by atoms with Crippen LogP contribution in [0.1, 0.15) is 84.0 Å². The van der Waals surface area contributed by atoms with E-state index in [0.29, 0.717) is 6.42 Å². The molecule has 20 heavy (non-hydrogen) atoms. The molecule has 0 spiro atoms. The second-order valence-electron chi connectivity index (χ2n) is 5.35. The van der Waals surface area contributed by atoms with Crippen molar-refractivity contribution in [2.45, 2.75) is 84.0 Å². The fourth-order valence-corrected chi connectivity index (χ4v) is 2.15. The van der Waals surface area contributed by atoms with Gasteiger partial charge in [0.1, 0.15) is 0 Å². The third kappa shape index (κ3) is 16.9. The highest BCUT2D eigenvalue weighted by Gasteiger charge is 1.96. The lowest BCUT2D eigenvalue weighted by Crippen LogP contribution is -1.93. The number of unbranched alkanes of at least 4 members (excludes halogenated alkanes) is 8. The number of carbonyl (C=O) groups is 1. The predicted molar refractivity (Wildman–Crippen MR) is 87.0 cm³/mol. The highest BCUT2D eigenvalue weighted by atomic mass is 16.4. The molecule has 0 aromatic carbocycles. The van der Waals surface area contributed by atoms with Crippen molar-refractivity contribution in [3.8, 4) is 0 Å². The largest absolute Gasteiger partial charge is 0.481 e. The van der Waals surface area contributed by atoms with Crippen molar-refractivity contribution in [1.82, 2.24) is 0 Å². The molecule has 0 atom stereocenters. The molecule has 0 fully saturated rings. The van der Waals surface area contributed by atoms with Gasteiger partial charge in [0, 0.05) is 6.42 Å². The van der Waals surface area contributed by atoms with Gasteiger partial charge < -0.3 is 5.11 Å². The van der Waals surface area contributed by atoms with Crippen molar-refractivity contribution < 1.29 is 9.90 Å². The molecule has 0 aromatic heterocycles. The van der Waals surface area contributed by atoms with Crippen LogP contribution in [0.4, 0.5) is 0 Å². The van der Waals surface area contributed by atoms with Gasteiger partial charge in [-0.3, -0.25) is 4.79 Å². The molecule has 0 heterocycles. The van der Waals surface area contributed by atoms with Crippen molar-refractivity contribution >= 4 is 5.97 Å². The zero-order valence-corrected chi connectivity index (χ0v) is 13.2. The molecule has 0 aliphatic carbocycles. The summed E-state index contributed by atoms with van der Waals surface area (Å²) in [4.78, 5) is 10.3. The number of aliphatic carboxylic acids is 1. The van der Waals surface area contributed by atoms with Crippen LogP contribution in [-0.4, -0.2) is 11.1 Å². The predicted octanol–water partition coefficient (Wildman–Crippen LogP) is 5.88. The smallest absolute Gasteiger partial charge is 0.303 e. The molecule has 0 bridgehead atoms. The monoisotopic (exact) mass is 280 g/mol. The first-order valence-corrected chi connectivity index (χ1v) is 8.29. The number of allylic oxidation sites excluding steroid dienone is 4. The SMILES string of the molecule is CC/C=C/C/C=C\CCCCCCCCCCC(=O)O. The van der Waals surface area contributed by atoms with Gasteiger partial charge in [0.25, 0.3) is 0 Å². The van der Waals surface area contributed by atoms with E-state index in [-0.39, 0.29) is 0 Å². The summed E-state index contributed by atoms with van der Waals surface area (Å²) in [6, 6.07) is 0.